The highest BCUT2D eigenvalue weighted by molar-refractivity contribution is 5.29. The van der Waals surface area contributed by atoms with Gasteiger partial charge >= 0.3 is 6.18 Å². The Morgan fingerprint density at radius 3 is 2.14 bits per heavy atom. The topological polar surface area (TPSA) is 83.1 Å². The van der Waals surface area contributed by atoms with Gasteiger partial charge in [-0.25, -0.2) is 9.78 Å². The van der Waals surface area contributed by atoms with Crippen molar-refractivity contribution >= 4 is 0 Å². The van der Waals surface area contributed by atoms with Gasteiger partial charge in [0.25, 0.3) is 0 Å². The molecule has 2 aliphatic carbocycles. The molecule has 8 fully saturated rings. The molecule has 278 valence electrons. The Morgan fingerprint density at radius 2 is 1.39 bits per heavy atom. The summed E-state index contributed by atoms with van der Waals surface area (Å²) < 4.78 is 87.2. The van der Waals surface area contributed by atoms with Crippen LogP contribution in [0.1, 0.15) is 112 Å². The van der Waals surface area contributed by atoms with E-state index in [1.54, 1.807) is 0 Å². The molecule has 12 heteroatoms. The average molecular weight is 701 g/mol. The van der Waals surface area contributed by atoms with E-state index in [1.165, 1.54) is 0 Å². The van der Waals surface area contributed by atoms with E-state index in [1.807, 2.05) is 20.8 Å². The molecule has 0 unspecified atom stereocenters. The van der Waals surface area contributed by atoms with E-state index in [0.29, 0.717) is 50.2 Å². The molecule has 0 aromatic heterocycles. The molecule has 4 bridgehead atoms. The van der Waals surface area contributed by atoms with E-state index in [0.717, 1.165) is 51.4 Å². The van der Waals surface area contributed by atoms with Gasteiger partial charge in [-0.15, -0.1) is 0 Å². The zero-order valence-electron chi connectivity index (χ0n) is 29.9. The predicted molar refractivity (Wildman–Crippen MR) is 168 cm³/mol. The molecule has 7 aliphatic heterocycles. The zero-order chi connectivity index (χ0) is 34.6. The molecule has 14 atom stereocenters. The predicted octanol–water partition coefficient (Wildman–Crippen LogP) is 7.92. The van der Waals surface area contributed by atoms with Gasteiger partial charge in [-0.3, -0.25) is 0 Å². The third-order valence-corrected chi connectivity index (χ3v) is 14.1. The monoisotopic (exact) mass is 700 g/mol. The van der Waals surface area contributed by atoms with E-state index in [-0.39, 0.29) is 29.9 Å². The maximum atomic E-state index is 14.4. The molecule has 0 radical (unpaired) electrons. The summed E-state index contributed by atoms with van der Waals surface area (Å²) in [7, 11) is 0. The van der Waals surface area contributed by atoms with Crippen LogP contribution in [0.15, 0.2) is 11.3 Å². The summed E-state index contributed by atoms with van der Waals surface area (Å²) in [5, 5.41) is 0. The van der Waals surface area contributed by atoms with Crippen LogP contribution < -0.4 is 0 Å². The van der Waals surface area contributed by atoms with Gasteiger partial charge in [-0.1, -0.05) is 20.8 Å². The maximum Gasteiger partial charge on any atom is 0.449 e. The minimum absolute atomic E-state index is 0.0586. The van der Waals surface area contributed by atoms with Crippen molar-refractivity contribution < 1.29 is 56.1 Å². The highest BCUT2D eigenvalue weighted by atomic mass is 19.4. The second kappa shape index (κ2) is 12.0. The molecule has 2 saturated carbocycles. The van der Waals surface area contributed by atoms with E-state index < -0.39 is 59.0 Å². The van der Waals surface area contributed by atoms with Crippen LogP contribution in [0.5, 0.6) is 0 Å². The summed E-state index contributed by atoms with van der Waals surface area (Å²) >= 11 is 0. The van der Waals surface area contributed by atoms with Crippen molar-refractivity contribution in [3.8, 4) is 0 Å². The first-order chi connectivity index (χ1) is 23.1. The molecular formula is C37H55F3O9. The van der Waals surface area contributed by atoms with E-state index in [4.69, 9.17) is 42.9 Å². The zero-order valence-corrected chi connectivity index (χ0v) is 29.9. The first-order valence-electron chi connectivity index (χ1n) is 18.9. The number of hydrogen-bond acceptors (Lipinski definition) is 9. The molecule has 2 spiro atoms. The largest absolute Gasteiger partial charge is 0.456 e. The van der Waals surface area contributed by atoms with Crippen LogP contribution in [-0.2, 0) is 42.9 Å². The Labute approximate surface area is 288 Å². The Hall–Kier alpha value is -0.990. The van der Waals surface area contributed by atoms with Crippen LogP contribution in [0, 0.1) is 41.4 Å². The third-order valence-electron chi connectivity index (χ3n) is 14.1. The molecule has 9 nitrogen and oxygen atoms in total. The number of allylic oxidation sites excluding steroid dienone is 1. The fourth-order valence-electron chi connectivity index (χ4n) is 11.3. The molecule has 6 saturated heterocycles. The van der Waals surface area contributed by atoms with E-state index in [2.05, 4.69) is 20.8 Å². The van der Waals surface area contributed by atoms with Gasteiger partial charge in [0, 0.05) is 42.8 Å². The molecule has 9 aliphatic rings. The van der Waals surface area contributed by atoms with Crippen LogP contribution in [0.3, 0.4) is 0 Å². The van der Waals surface area contributed by atoms with Crippen molar-refractivity contribution in [3.05, 3.63) is 11.3 Å². The van der Waals surface area contributed by atoms with Crippen molar-refractivity contribution in [2.45, 2.75) is 159 Å². The van der Waals surface area contributed by atoms with Crippen molar-refractivity contribution in [1.29, 1.82) is 0 Å². The van der Waals surface area contributed by atoms with Gasteiger partial charge in [0.2, 0.25) is 17.8 Å². The minimum Gasteiger partial charge on any atom is -0.456 e. The third kappa shape index (κ3) is 5.38. The molecule has 7 heterocycles. The Balaban J connectivity index is 0.864. The van der Waals surface area contributed by atoms with Crippen molar-refractivity contribution in [2.75, 3.05) is 19.8 Å². The lowest BCUT2D eigenvalue weighted by molar-refractivity contribution is -0.585. The van der Waals surface area contributed by atoms with Crippen molar-refractivity contribution in [1.82, 2.24) is 0 Å². The van der Waals surface area contributed by atoms with Gasteiger partial charge in [-0.05, 0) is 102 Å². The second-order valence-electron chi connectivity index (χ2n) is 17.1. The van der Waals surface area contributed by atoms with Gasteiger partial charge < -0.3 is 33.2 Å². The lowest BCUT2D eigenvalue weighted by atomic mass is 9.57. The fourth-order valence-corrected chi connectivity index (χ4v) is 11.3. The van der Waals surface area contributed by atoms with Crippen molar-refractivity contribution in [2.24, 2.45) is 41.4 Å². The maximum absolute atomic E-state index is 14.4. The van der Waals surface area contributed by atoms with Gasteiger partial charge in [0.15, 0.2) is 23.5 Å². The van der Waals surface area contributed by atoms with Crippen LogP contribution in [0.25, 0.3) is 0 Å². The number of hydrogen-bond donors (Lipinski definition) is 0. The summed E-state index contributed by atoms with van der Waals surface area (Å²) in [4.78, 5) is 12.2. The normalized spacial score (nSPS) is 51.6. The van der Waals surface area contributed by atoms with Gasteiger partial charge in [0.05, 0.1) is 13.2 Å². The Bertz CT molecular complexity index is 1310. The molecule has 0 amide bonds. The molecular weight excluding hydrogens is 645 g/mol. The number of ether oxygens (including phenoxy) is 7. The van der Waals surface area contributed by atoms with Crippen LogP contribution in [0.2, 0.25) is 0 Å². The summed E-state index contributed by atoms with van der Waals surface area (Å²) in [6.45, 7) is 13.1. The smallest absolute Gasteiger partial charge is 0.449 e. The average Bonchev–Trinajstić information content (AvgIpc) is 3.10. The number of rotatable bonds is 9. The number of halogens is 3. The van der Waals surface area contributed by atoms with Gasteiger partial charge in [0.1, 0.15) is 5.60 Å². The molecule has 0 aromatic rings. The minimum atomic E-state index is -4.64. The van der Waals surface area contributed by atoms with Crippen molar-refractivity contribution in [3.63, 3.8) is 0 Å². The lowest BCUT2D eigenvalue weighted by Gasteiger charge is -2.62. The van der Waals surface area contributed by atoms with E-state index >= 15 is 0 Å². The molecule has 49 heavy (non-hydrogen) atoms. The summed E-state index contributed by atoms with van der Waals surface area (Å²) in [5.41, 5.74) is -1.37. The van der Waals surface area contributed by atoms with Gasteiger partial charge in [-0.2, -0.15) is 13.2 Å². The molecule has 0 N–H and O–H groups in total. The first kappa shape index (κ1) is 35.1. The SMILES string of the molecule is C[C@@H]1CC[C@H]2[C@@H](C)[C@@](C)(OCCCCCOCC3=C(C(F)(F)F)O[C@@H]4O[C@@]5(C)CC[C@H]6[C@H](C)CC[C@@H]3[C@@]46O5)O[C@@H]3O[C@]4(C)CC[C@@H]1[C@]32OO4. The number of fused-ring (bicyclic) bond motifs is 3. The molecule has 0 aromatic carbocycles. The second-order valence-corrected chi connectivity index (χ2v) is 17.1. The van der Waals surface area contributed by atoms with Crippen LogP contribution in [0.4, 0.5) is 13.2 Å². The summed E-state index contributed by atoms with van der Waals surface area (Å²) in [5.74, 6) is -2.60. The molecule has 9 rings (SSSR count). The highest BCUT2D eigenvalue weighted by Gasteiger charge is 2.73. The quantitative estimate of drug-likeness (QED) is 0.176. The first-order valence-corrected chi connectivity index (χ1v) is 18.9. The lowest BCUT2D eigenvalue weighted by Crippen LogP contribution is -2.72. The van der Waals surface area contributed by atoms with E-state index in [9.17, 15) is 13.2 Å². The highest BCUT2D eigenvalue weighted by Crippen LogP contribution is 2.65. The standard InChI is InChI=1S/C37H55F3O9/c1-21-11-13-28-24(29(37(38,39)40)43-30-35(28)25(21)14-16-32(4,44-30)47-35)20-41-18-8-7-9-19-42-34(6)23(3)27-12-10-22(2)26-15-17-33(5)45-31(46-34)36(26,27)49-48-33/h21-23,25-28,30-31H,7-20H2,1-6H3/t21-,22-,23-,25+,26+,27+,28+,30-,31+,32-,33+,34+,35-,36-/m1/s1. The number of unbranched alkanes of at least 4 members (excludes halogenated alkanes) is 2. The van der Waals surface area contributed by atoms with Crippen LogP contribution in [-0.4, -0.2) is 67.1 Å². The van der Waals surface area contributed by atoms with Crippen LogP contribution >= 0.6 is 0 Å². The summed E-state index contributed by atoms with van der Waals surface area (Å²) in [6, 6.07) is 0. The Morgan fingerprint density at radius 1 is 0.714 bits per heavy atom. The summed E-state index contributed by atoms with van der Waals surface area (Å²) in [6.07, 6.45) is 2.80. The Kier molecular flexibility index (Phi) is 8.60. The number of alkyl halides is 3. The fraction of sp³-hybridized carbons (Fsp3) is 0.946.